The molecule has 2 rings (SSSR count). The molecule has 0 spiro atoms. The van der Waals surface area contributed by atoms with Crippen LogP contribution < -0.4 is 10.1 Å². The summed E-state index contributed by atoms with van der Waals surface area (Å²) in [7, 11) is 0. The summed E-state index contributed by atoms with van der Waals surface area (Å²) in [5.41, 5.74) is 2.86. The fourth-order valence-electron chi connectivity index (χ4n) is 2.00. The summed E-state index contributed by atoms with van der Waals surface area (Å²) in [6.07, 6.45) is 0. The average Bonchev–Trinajstić information content (AvgIpc) is 2.50. The van der Waals surface area contributed by atoms with Gasteiger partial charge in [-0.2, -0.15) is 5.26 Å². The number of halogens is 1. The van der Waals surface area contributed by atoms with E-state index in [1.165, 1.54) is 0 Å². The van der Waals surface area contributed by atoms with Gasteiger partial charge < -0.3 is 10.1 Å². The first-order chi connectivity index (χ1) is 10.5. The van der Waals surface area contributed by atoms with Crippen LogP contribution in [0.4, 0.5) is 5.69 Å². The van der Waals surface area contributed by atoms with E-state index >= 15 is 0 Å². The molecule has 2 aromatic rings. The van der Waals surface area contributed by atoms with Crippen molar-refractivity contribution in [1.82, 2.24) is 0 Å². The molecule has 0 aliphatic carbocycles. The van der Waals surface area contributed by atoms with E-state index in [2.05, 4.69) is 5.32 Å². The third kappa shape index (κ3) is 4.00. The van der Waals surface area contributed by atoms with E-state index in [0.29, 0.717) is 22.0 Å². The quantitative estimate of drug-likeness (QED) is 0.932. The van der Waals surface area contributed by atoms with Gasteiger partial charge in [0.1, 0.15) is 5.75 Å². The fraction of sp³-hybridized carbons (Fsp3) is 0.176. The minimum Gasteiger partial charge on any atom is -0.484 e. The number of hydrogen-bond donors (Lipinski definition) is 1. The number of nitrogens with one attached hydrogen (secondary N) is 1. The lowest BCUT2D eigenvalue weighted by Crippen LogP contribution is -2.20. The second-order valence-electron chi connectivity index (χ2n) is 4.90. The number of aryl methyl sites for hydroxylation is 2. The fourth-order valence-corrected chi connectivity index (χ4v) is 2.11. The number of carbonyl (C=O) groups is 1. The van der Waals surface area contributed by atoms with Crippen LogP contribution in [0.3, 0.4) is 0 Å². The molecule has 0 aliphatic rings. The minimum absolute atomic E-state index is 0.114. The molecule has 2 aromatic carbocycles. The monoisotopic (exact) mass is 314 g/mol. The molecule has 0 aromatic heterocycles. The zero-order valence-corrected chi connectivity index (χ0v) is 13.1. The average molecular weight is 315 g/mol. The molecular weight excluding hydrogens is 300 g/mol. The summed E-state index contributed by atoms with van der Waals surface area (Å²) >= 11 is 6.09. The molecule has 0 fully saturated rings. The van der Waals surface area contributed by atoms with Crippen molar-refractivity contribution < 1.29 is 9.53 Å². The van der Waals surface area contributed by atoms with Crippen molar-refractivity contribution in [3.63, 3.8) is 0 Å². The van der Waals surface area contributed by atoms with Gasteiger partial charge in [-0.15, -0.1) is 0 Å². The summed E-state index contributed by atoms with van der Waals surface area (Å²) in [6, 6.07) is 12.3. The highest BCUT2D eigenvalue weighted by Gasteiger charge is 2.07. The molecular formula is C17H15ClN2O2. The maximum atomic E-state index is 11.9. The number of hydrogen-bond acceptors (Lipinski definition) is 3. The van der Waals surface area contributed by atoms with Gasteiger partial charge in [-0.25, -0.2) is 0 Å². The van der Waals surface area contributed by atoms with Gasteiger partial charge in [0.15, 0.2) is 6.61 Å². The maximum absolute atomic E-state index is 11.9. The third-order valence-electron chi connectivity index (χ3n) is 3.06. The first-order valence-electron chi connectivity index (χ1n) is 6.69. The minimum atomic E-state index is -0.291. The lowest BCUT2D eigenvalue weighted by molar-refractivity contribution is -0.118. The molecule has 112 valence electrons. The maximum Gasteiger partial charge on any atom is 0.262 e. The lowest BCUT2D eigenvalue weighted by Gasteiger charge is -2.10. The Morgan fingerprint density at radius 3 is 2.59 bits per heavy atom. The van der Waals surface area contributed by atoms with Crippen LogP contribution in [-0.2, 0) is 4.79 Å². The largest absolute Gasteiger partial charge is 0.484 e. The van der Waals surface area contributed by atoms with Crippen LogP contribution in [0.1, 0.15) is 16.7 Å². The molecule has 5 heteroatoms. The van der Waals surface area contributed by atoms with Crippen LogP contribution in [0, 0.1) is 25.2 Å². The summed E-state index contributed by atoms with van der Waals surface area (Å²) < 4.78 is 5.48. The number of benzene rings is 2. The second-order valence-corrected chi connectivity index (χ2v) is 5.28. The summed E-state index contributed by atoms with van der Waals surface area (Å²) in [6.45, 7) is 3.66. The van der Waals surface area contributed by atoms with E-state index in [4.69, 9.17) is 21.6 Å². The Kier molecular flexibility index (Phi) is 5.03. The van der Waals surface area contributed by atoms with Gasteiger partial charge in [-0.3, -0.25) is 4.79 Å². The number of anilines is 1. The zero-order valence-electron chi connectivity index (χ0n) is 12.3. The Labute approximate surface area is 134 Å². The molecule has 0 bridgehead atoms. The first-order valence-corrected chi connectivity index (χ1v) is 7.07. The van der Waals surface area contributed by atoms with Crippen LogP contribution in [0.2, 0.25) is 5.02 Å². The Balaban J connectivity index is 1.97. The highest BCUT2D eigenvalue weighted by atomic mass is 35.5. The number of amides is 1. The summed E-state index contributed by atoms with van der Waals surface area (Å²) in [4.78, 5) is 11.9. The van der Waals surface area contributed by atoms with E-state index in [-0.39, 0.29) is 12.5 Å². The van der Waals surface area contributed by atoms with Gasteiger partial charge in [-0.1, -0.05) is 17.7 Å². The van der Waals surface area contributed by atoms with Crippen molar-refractivity contribution in [2.24, 2.45) is 0 Å². The Morgan fingerprint density at radius 2 is 1.95 bits per heavy atom. The lowest BCUT2D eigenvalue weighted by atomic mass is 10.1. The number of carbonyl (C=O) groups excluding carboxylic acids is 1. The van der Waals surface area contributed by atoms with Crippen LogP contribution in [0.15, 0.2) is 36.4 Å². The van der Waals surface area contributed by atoms with Crippen LogP contribution in [0.5, 0.6) is 5.75 Å². The molecule has 0 atom stereocenters. The van der Waals surface area contributed by atoms with Gasteiger partial charge in [0, 0.05) is 10.7 Å². The second kappa shape index (κ2) is 6.97. The first kappa shape index (κ1) is 15.9. The number of nitrogens with zero attached hydrogens (tertiary/aromatic N) is 1. The van der Waals surface area contributed by atoms with Crippen LogP contribution in [-0.4, -0.2) is 12.5 Å². The van der Waals surface area contributed by atoms with Gasteiger partial charge in [0.25, 0.3) is 5.91 Å². The predicted octanol–water partition coefficient (Wildman–Crippen LogP) is 3.85. The molecule has 1 amide bonds. The zero-order chi connectivity index (χ0) is 16.1. The van der Waals surface area contributed by atoms with Crippen molar-refractivity contribution >= 4 is 23.2 Å². The molecule has 1 N–H and O–H groups in total. The van der Waals surface area contributed by atoms with E-state index in [0.717, 1.165) is 11.1 Å². The van der Waals surface area contributed by atoms with Crippen molar-refractivity contribution in [3.05, 3.63) is 58.1 Å². The van der Waals surface area contributed by atoms with Crippen LogP contribution >= 0.6 is 11.6 Å². The smallest absolute Gasteiger partial charge is 0.262 e. The molecule has 0 radical (unpaired) electrons. The SMILES string of the molecule is Cc1cc(OCC(=O)Nc2cccc(C#N)c2)cc(C)c1Cl. The number of ether oxygens (including phenoxy) is 1. The standard InChI is InChI=1S/C17H15ClN2O2/c1-11-6-15(7-12(2)17(11)18)22-10-16(21)20-14-5-3-4-13(8-14)9-19/h3-8H,10H2,1-2H3,(H,20,21). The summed E-state index contributed by atoms with van der Waals surface area (Å²) in [5.74, 6) is 0.306. The summed E-state index contributed by atoms with van der Waals surface area (Å²) in [5, 5.41) is 12.2. The highest BCUT2D eigenvalue weighted by Crippen LogP contribution is 2.25. The number of rotatable bonds is 4. The van der Waals surface area contributed by atoms with Crippen LogP contribution in [0.25, 0.3) is 0 Å². The molecule has 22 heavy (non-hydrogen) atoms. The Bertz CT molecular complexity index is 728. The van der Waals surface area contributed by atoms with Gasteiger partial charge in [-0.05, 0) is 55.3 Å². The Hall–Kier alpha value is -2.51. The number of nitriles is 1. The molecule has 0 unspecified atom stereocenters. The van der Waals surface area contributed by atoms with Crippen molar-refractivity contribution in [1.29, 1.82) is 5.26 Å². The normalized spacial score (nSPS) is 9.91. The van der Waals surface area contributed by atoms with Gasteiger partial charge in [0.2, 0.25) is 0 Å². The van der Waals surface area contributed by atoms with E-state index in [1.54, 1.807) is 36.4 Å². The predicted molar refractivity (Wildman–Crippen MR) is 86.2 cm³/mol. The van der Waals surface area contributed by atoms with E-state index in [9.17, 15) is 4.79 Å². The molecule has 0 saturated heterocycles. The van der Waals surface area contributed by atoms with Crippen molar-refractivity contribution in [2.75, 3.05) is 11.9 Å². The van der Waals surface area contributed by atoms with Crippen molar-refractivity contribution in [3.8, 4) is 11.8 Å². The van der Waals surface area contributed by atoms with E-state index < -0.39 is 0 Å². The molecule has 4 nitrogen and oxygen atoms in total. The van der Waals surface area contributed by atoms with E-state index in [1.807, 2.05) is 19.9 Å². The highest BCUT2D eigenvalue weighted by molar-refractivity contribution is 6.32. The van der Waals surface area contributed by atoms with Gasteiger partial charge >= 0.3 is 0 Å². The molecule has 0 heterocycles. The van der Waals surface area contributed by atoms with Crippen molar-refractivity contribution in [2.45, 2.75) is 13.8 Å². The topological polar surface area (TPSA) is 62.1 Å². The Morgan fingerprint density at radius 1 is 1.27 bits per heavy atom. The molecule has 0 aliphatic heterocycles. The third-order valence-corrected chi connectivity index (χ3v) is 3.65. The molecule has 0 saturated carbocycles. The van der Waals surface area contributed by atoms with Gasteiger partial charge in [0.05, 0.1) is 11.6 Å².